The lowest BCUT2D eigenvalue weighted by atomic mass is 10.1. The number of nitrogens with zero attached hydrogens (tertiary/aromatic N) is 7. The van der Waals surface area contributed by atoms with E-state index in [9.17, 15) is 5.11 Å². The number of aliphatic hydroxyl groups is 1. The Hall–Kier alpha value is -2.22. The number of imidazole rings is 1. The summed E-state index contributed by atoms with van der Waals surface area (Å²) in [5.41, 5.74) is 9.83. The molecule has 3 rings (SSSR count). The average molecular weight is 261 g/mol. The molecule has 0 unspecified atom stereocenters. The Labute approximate surface area is 107 Å². The third-order valence-electron chi connectivity index (χ3n) is 3.13. The van der Waals surface area contributed by atoms with Crippen LogP contribution in [0.25, 0.3) is 21.6 Å². The van der Waals surface area contributed by atoms with Crippen LogP contribution in [0, 0.1) is 0 Å². The van der Waals surface area contributed by atoms with Crippen LogP contribution in [0.4, 0.5) is 0 Å². The molecule has 0 aromatic carbocycles. The molecule has 0 bridgehead atoms. The monoisotopic (exact) mass is 261 g/mol. The summed E-state index contributed by atoms with van der Waals surface area (Å²) >= 11 is 0. The molecule has 1 saturated heterocycles. The van der Waals surface area contributed by atoms with E-state index in [4.69, 9.17) is 10.3 Å². The van der Waals surface area contributed by atoms with Crippen molar-refractivity contribution >= 4 is 11.2 Å². The molecule has 9 heteroatoms. The highest BCUT2D eigenvalue weighted by atomic mass is 16.5. The number of hydrogen-bond acceptors (Lipinski definition) is 6. The summed E-state index contributed by atoms with van der Waals surface area (Å²) in [6, 6.07) is -0.390. The molecule has 1 N–H and O–H groups in total. The van der Waals surface area contributed by atoms with Gasteiger partial charge in [0, 0.05) is 11.3 Å². The van der Waals surface area contributed by atoms with Crippen LogP contribution in [-0.2, 0) is 4.74 Å². The lowest BCUT2D eigenvalue weighted by molar-refractivity contribution is -0.0233. The molecule has 0 radical (unpaired) electrons. The van der Waals surface area contributed by atoms with Gasteiger partial charge in [-0.3, -0.25) is 4.57 Å². The topological polar surface area (TPSA) is 122 Å². The van der Waals surface area contributed by atoms with Crippen LogP contribution in [0.15, 0.2) is 24.0 Å². The van der Waals surface area contributed by atoms with Crippen molar-refractivity contribution in [1.82, 2.24) is 19.5 Å². The van der Waals surface area contributed by atoms with Crippen LogP contribution in [0.1, 0.15) is 12.6 Å². The summed E-state index contributed by atoms with van der Waals surface area (Å²) < 4.78 is 7.43. The molecule has 9 nitrogen and oxygen atoms in total. The average Bonchev–Trinajstić information content (AvgIpc) is 3.02. The van der Waals surface area contributed by atoms with E-state index in [1.807, 2.05) is 0 Å². The zero-order chi connectivity index (χ0) is 13.2. The van der Waals surface area contributed by atoms with E-state index < -0.39 is 6.10 Å². The van der Waals surface area contributed by atoms with Crippen LogP contribution in [0.5, 0.6) is 0 Å². The minimum absolute atomic E-state index is 0.193. The normalized spacial score (nSPS) is 26.5. The van der Waals surface area contributed by atoms with Crippen molar-refractivity contribution in [2.24, 2.45) is 5.11 Å². The van der Waals surface area contributed by atoms with Gasteiger partial charge in [0.2, 0.25) is 0 Å². The van der Waals surface area contributed by atoms with Crippen molar-refractivity contribution in [3.63, 3.8) is 0 Å². The number of aliphatic hydroxyl groups excluding tert-OH is 1. The highest BCUT2D eigenvalue weighted by molar-refractivity contribution is 5.68. The van der Waals surface area contributed by atoms with Crippen molar-refractivity contribution in [3.8, 4) is 0 Å². The maximum Gasteiger partial charge on any atom is 0.165 e. The Bertz CT molecular complexity index is 636. The Morgan fingerprint density at radius 3 is 3.26 bits per heavy atom. The molecule has 0 amide bonds. The highest BCUT2D eigenvalue weighted by Crippen LogP contribution is 2.32. The molecule has 0 saturated carbocycles. The van der Waals surface area contributed by atoms with Crippen LogP contribution in [-0.4, -0.2) is 43.4 Å². The van der Waals surface area contributed by atoms with Crippen LogP contribution < -0.4 is 0 Å². The third kappa shape index (κ3) is 1.99. The Balaban J connectivity index is 1.93. The molecule has 3 atom stereocenters. The number of rotatable bonds is 3. The van der Waals surface area contributed by atoms with E-state index in [0.717, 1.165) is 0 Å². The minimum Gasteiger partial charge on any atom is -0.394 e. The van der Waals surface area contributed by atoms with E-state index in [1.165, 1.54) is 6.33 Å². The predicted molar refractivity (Wildman–Crippen MR) is 63.9 cm³/mol. The summed E-state index contributed by atoms with van der Waals surface area (Å²) in [5, 5.41) is 12.9. The summed E-state index contributed by atoms with van der Waals surface area (Å²) in [6.45, 7) is -0.193. The zero-order valence-corrected chi connectivity index (χ0v) is 9.86. The van der Waals surface area contributed by atoms with Gasteiger partial charge in [0.05, 0.1) is 31.3 Å². The van der Waals surface area contributed by atoms with Gasteiger partial charge in [0.1, 0.15) is 18.1 Å². The van der Waals surface area contributed by atoms with Gasteiger partial charge in [-0.15, -0.1) is 0 Å². The van der Waals surface area contributed by atoms with Crippen molar-refractivity contribution < 1.29 is 9.84 Å². The summed E-state index contributed by atoms with van der Waals surface area (Å²) in [5.74, 6) is 0. The van der Waals surface area contributed by atoms with Crippen LogP contribution in [0.3, 0.4) is 0 Å². The smallest absolute Gasteiger partial charge is 0.165 e. The van der Waals surface area contributed by atoms with Gasteiger partial charge >= 0.3 is 0 Å². The number of ether oxygens (including phenoxy) is 1. The first-order valence-electron chi connectivity index (χ1n) is 5.76. The number of azide groups is 1. The lowest BCUT2D eigenvalue weighted by Gasteiger charge is -2.13. The lowest BCUT2D eigenvalue weighted by Crippen LogP contribution is -2.22. The van der Waals surface area contributed by atoms with Gasteiger partial charge < -0.3 is 9.84 Å². The van der Waals surface area contributed by atoms with Crippen molar-refractivity contribution in [2.75, 3.05) is 6.61 Å². The summed E-state index contributed by atoms with van der Waals surface area (Å²) in [4.78, 5) is 15.0. The minimum atomic E-state index is -0.500. The van der Waals surface area contributed by atoms with E-state index in [-0.39, 0.29) is 18.9 Å². The maximum atomic E-state index is 9.23. The molecule has 2 aromatic heterocycles. The second kappa shape index (κ2) is 4.81. The maximum absolute atomic E-state index is 9.23. The first-order valence-corrected chi connectivity index (χ1v) is 5.76. The fourth-order valence-electron chi connectivity index (χ4n) is 2.23. The molecule has 3 heterocycles. The van der Waals surface area contributed by atoms with Crippen LogP contribution in [0.2, 0.25) is 0 Å². The molecule has 1 aliphatic heterocycles. The SMILES string of the molecule is [N-]=[N+]=N[C@H]1C[C@H](n2cnc3cncnc32)O[C@@H]1CO. The molecular formula is C10H11N7O2. The number of aromatic nitrogens is 4. The van der Waals surface area contributed by atoms with E-state index in [1.54, 1.807) is 17.1 Å². The quantitative estimate of drug-likeness (QED) is 0.497. The second-order valence-corrected chi connectivity index (χ2v) is 4.20. The summed E-state index contributed by atoms with van der Waals surface area (Å²) in [7, 11) is 0. The Morgan fingerprint density at radius 2 is 2.47 bits per heavy atom. The fourth-order valence-corrected chi connectivity index (χ4v) is 2.23. The largest absolute Gasteiger partial charge is 0.394 e. The van der Waals surface area contributed by atoms with E-state index >= 15 is 0 Å². The zero-order valence-electron chi connectivity index (χ0n) is 9.86. The highest BCUT2D eigenvalue weighted by Gasteiger charge is 2.35. The Morgan fingerprint density at radius 1 is 1.58 bits per heavy atom. The van der Waals surface area contributed by atoms with Crippen molar-refractivity contribution in [1.29, 1.82) is 0 Å². The second-order valence-electron chi connectivity index (χ2n) is 4.20. The van der Waals surface area contributed by atoms with Gasteiger partial charge in [-0.25, -0.2) is 15.0 Å². The van der Waals surface area contributed by atoms with Gasteiger partial charge in [0.25, 0.3) is 0 Å². The summed E-state index contributed by atoms with van der Waals surface area (Å²) in [6.07, 6.45) is 4.28. The molecule has 1 aliphatic rings. The van der Waals surface area contributed by atoms with Crippen molar-refractivity contribution in [2.45, 2.75) is 24.8 Å². The predicted octanol–water partition coefficient (Wildman–Crippen LogP) is 0.785. The fraction of sp³-hybridized carbons (Fsp3) is 0.500. The first kappa shape index (κ1) is 11.8. The molecular weight excluding hydrogens is 250 g/mol. The first-order chi connectivity index (χ1) is 9.33. The van der Waals surface area contributed by atoms with Gasteiger partial charge in [-0.05, 0) is 5.53 Å². The standard InChI is InChI=1S/C10H11N7O2/c11-16-15-6-1-9(19-8(6)3-18)17-5-14-7-2-12-4-13-10(7)17/h2,4-6,8-9,18H,1,3H2/t6-,8+,9+/m0/s1. The molecule has 2 aromatic rings. The number of hydrogen-bond donors (Lipinski definition) is 1. The van der Waals surface area contributed by atoms with E-state index in [0.29, 0.717) is 17.6 Å². The molecule has 98 valence electrons. The van der Waals surface area contributed by atoms with Crippen LogP contribution >= 0.6 is 0 Å². The van der Waals surface area contributed by atoms with Gasteiger partial charge in [-0.2, -0.15) is 0 Å². The van der Waals surface area contributed by atoms with E-state index in [2.05, 4.69) is 25.0 Å². The molecule has 1 fully saturated rings. The Kier molecular flexibility index (Phi) is 3.00. The molecule has 0 spiro atoms. The number of fused-ring (bicyclic) bond motifs is 1. The van der Waals surface area contributed by atoms with Gasteiger partial charge in [-0.1, -0.05) is 5.11 Å². The van der Waals surface area contributed by atoms with Crippen molar-refractivity contribution in [3.05, 3.63) is 29.3 Å². The molecule has 0 aliphatic carbocycles. The molecule has 19 heavy (non-hydrogen) atoms. The third-order valence-corrected chi connectivity index (χ3v) is 3.13. The van der Waals surface area contributed by atoms with Gasteiger partial charge in [0.15, 0.2) is 5.65 Å².